The van der Waals surface area contributed by atoms with Gasteiger partial charge in [-0.15, -0.1) is 0 Å². The van der Waals surface area contributed by atoms with Gasteiger partial charge in [0.2, 0.25) is 0 Å². The van der Waals surface area contributed by atoms with Gasteiger partial charge >= 0.3 is 5.97 Å². The Morgan fingerprint density at radius 1 is 1.29 bits per heavy atom. The molecule has 0 aromatic heterocycles. The minimum Gasteiger partial charge on any atom is -0.481 e. The highest BCUT2D eigenvalue weighted by atomic mass is 16.4. The van der Waals surface area contributed by atoms with E-state index in [0.717, 1.165) is 25.7 Å². The Hall–Kier alpha value is -0.570. The van der Waals surface area contributed by atoms with Crippen molar-refractivity contribution < 1.29 is 9.90 Å². The van der Waals surface area contributed by atoms with Crippen LogP contribution in [0.3, 0.4) is 0 Å². The first-order valence-electron chi connectivity index (χ1n) is 7.16. The third kappa shape index (κ3) is 5.07. The van der Waals surface area contributed by atoms with Gasteiger partial charge in [0.05, 0.1) is 5.92 Å². The minimum absolute atomic E-state index is 0.0937. The van der Waals surface area contributed by atoms with Gasteiger partial charge in [0.1, 0.15) is 0 Å². The molecule has 0 aromatic rings. The van der Waals surface area contributed by atoms with Gasteiger partial charge in [-0.3, -0.25) is 4.79 Å². The van der Waals surface area contributed by atoms with Crippen LogP contribution in [0.15, 0.2) is 0 Å². The molecule has 17 heavy (non-hydrogen) atoms. The Balaban J connectivity index is 2.26. The zero-order valence-electron chi connectivity index (χ0n) is 11.2. The van der Waals surface area contributed by atoms with Crippen molar-refractivity contribution in [2.24, 2.45) is 5.92 Å². The first-order chi connectivity index (χ1) is 8.17. The molecule has 100 valence electrons. The van der Waals surface area contributed by atoms with E-state index in [0.29, 0.717) is 12.1 Å². The number of nitrogens with one attached hydrogen (secondary N) is 1. The molecule has 0 aliphatic heterocycles. The molecular formula is C14H27NO2. The number of hydrogen-bond acceptors (Lipinski definition) is 2. The van der Waals surface area contributed by atoms with Crippen LogP contribution >= 0.6 is 0 Å². The zero-order valence-corrected chi connectivity index (χ0v) is 11.2. The topological polar surface area (TPSA) is 49.3 Å². The zero-order chi connectivity index (χ0) is 12.7. The lowest BCUT2D eigenvalue weighted by Crippen LogP contribution is -2.41. The normalized spacial score (nSPS) is 26.7. The highest BCUT2D eigenvalue weighted by Crippen LogP contribution is 2.25. The maximum Gasteiger partial charge on any atom is 0.306 e. The molecule has 1 rings (SSSR count). The average Bonchev–Trinajstić information content (AvgIpc) is 2.35. The molecule has 0 heterocycles. The predicted octanol–water partition coefficient (Wildman–Crippen LogP) is 3.19. The molecule has 3 nitrogen and oxygen atoms in total. The Morgan fingerprint density at radius 2 is 1.94 bits per heavy atom. The molecule has 0 bridgehead atoms. The lowest BCUT2D eigenvalue weighted by atomic mass is 9.85. The highest BCUT2D eigenvalue weighted by molar-refractivity contribution is 5.70. The molecule has 1 saturated carbocycles. The van der Waals surface area contributed by atoms with Crippen LogP contribution in [0.1, 0.15) is 65.2 Å². The van der Waals surface area contributed by atoms with Crippen molar-refractivity contribution in [3.8, 4) is 0 Å². The van der Waals surface area contributed by atoms with Gasteiger partial charge in [-0.05, 0) is 38.5 Å². The number of rotatable bonds is 7. The van der Waals surface area contributed by atoms with Crippen LogP contribution in [-0.2, 0) is 4.79 Å². The van der Waals surface area contributed by atoms with Crippen molar-refractivity contribution >= 4 is 5.97 Å². The van der Waals surface area contributed by atoms with Crippen LogP contribution in [-0.4, -0.2) is 23.2 Å². The van der Waals surface area contributed by atoms with Crippen LogP contribution in [0.2, 0.25) is 0 Å². The quantitative estimate of drug-likeness (QED) is 0.719. The van der Waals surface area contributed by atoms with Crippen LogP contribution in [0.4, 0.5) is 0 Å². The molecular weight excluding hydrogens is 214 g/mol. The monoisotopic (exact) mass is 241 g/mol. The first-order valence-corrected chi connectivity index (χ1v) is 7.16. The second-order valence-electron chi connectivity index (χ2n) is 5.30. The summed E-state index contributed by atoms with van der Waals surface area (Å²) in [6.45, 7) is 4.46. The Kier molecular flexibility index (Phi) is 6.56. The molecule has 0 aromatic carbocycles. The van der Waals surface area contributed by atoms with Gasteiger partial charge in [-0.25, -0.2) is 0 Å². The van der Waals surface area contributed by atoms with E-state index in [4.69, 9.17) is 5.11 Å². The van der Waals surface area contributed by atoms with Gasteiger partial charge in [0, 0.05) is 12.1 Å². The molecule has 1 atom stereocenters. The van der Waals surface area contributed by atoms with E-state index in [1.807, 2.05) is 0 Å². The van der Waals surface area contributed by atoms with E-state index >= 15 is 0 Å². The number of hydrogen-bond donors (Lipinski definition) is 2. The maximum absolute atomic E-state index is 10.9. The van der Waals surface area contributed by atoms with E-state index in [9.17, 15) is 4.79 Å². The molecule has 1 aliphatic carbocycles. The molecule has 0 saturated heterocycles. The van der Waals surface area contributed by atoms with E-state index in [-0.39, 0.29) is 5.92 Å². The van der Waals surface area contributed by atoms with Gasteiger partial charge in [0.15, 0.2) is 0 Å². The van der Waals surface area contributed by atoms with E-state index in [1.54, 1.807) is 0 Å². The van der Waals surface area contributed by atoms with Crippen molar-refractivity contribution in [3.05, 3.63) is 0 Å². The Labute approximate surface area is 105 Å². The molecule has 1 fully saturated rings. The van der Waals surface area contributed by atoms with Crippen LogP contribution in [0, 0.1) is 5.92 Å². The fraction of sp³-hybridized carbons (Fsp3) is 0.929. The molecule has 1 unspecified atom stereocenters. The third-order valence-electron chi connectivity index (χ3n) is 3.95. The van der Waals surface area contributed by atoms with Crippen molar-refractivity contribution in [2.45, 2.75) is 77.3 Å². The molecule has 1 aliphatic rings. The summed E-state index contributed by atoms with van der Waals surface area (Å²) >= 11 is 0. The summed E-state index contributed by atoms with van der Waals surface area (Å²) in [4.78, 5) is 10.9. The second kappa shape index (κ2) is 7.70. The number of unbranched alkanes of at least 4 members (excludes halogenated alkanes) is 1. The number of aliphatic carboxylic acids is 1. The largest absolute Gasteiger partial charge is 0.481 e. The first kappa shape index (κ1) is 14.5. The van der Waals surface area contributed by atoms with Crippen molar-refractivity contribution in [2.75, 3.05) is 0 Å². The summed E-state index contributed by atoms with van der Waals surface area (Å²) < 4.78 is 0. The summed E-state index contributed by atoms with van der Waals surface area (Å²) in [5.41, 5.74) is 0. The maximum atomic E-state index is 10.9. The molecule has 3 heteroatoms. The molecule has 2 N–H and O–H groups in total. The molecule has 0 amide bonds. The highest BCUT2D eigenvalue weighted by Gasteiger charge is 2.26. The smallest absolute Gasteiger partial charge is 0.306 e. The van der Waals surface area contributed by atoms with Crippen molar-refractivity contribution in [1.82, 2.24) is 5.32 Å². The summed E-state index contributed by atoms with van der Waals surface area (Å²) in [5.74, 6) is -0.703. The third-order valence-corrected chi connectivity index (χ3v) is 3.95. The van der Waals surface area contributed by atoms with Crippen LogP contribution in [0.25, 0.3) is 0 Å². The summed E-state index contributed by atoms with van der Waals surface area (Å²) in [5, 5.41) is 12.7. The van der Waals surface area contributed by atoms with Crippen molar-refractivity contribution in [3.63, 3.8) is 0 Å². The van der Waals surface area contributed by atoms with Gasteiger partial charge in [0.25, 0.3) is 0 Å². The predicted molar refractivity (Wildman–Crippen MR) is 70.1 cm³/mol. The van der Waals surface area contributed by atoms with Gasteiger partial charge in [-0.2, -0.15) is 0 Å². The van der Waals surface area contributed by atoms with Gasteiger partial charge in [-0.1, -0.05) is 26.7 Å². The van der Waals surface area contributed by atoms with E-state index in [2.05, 4.69) is 19.2 Å². The number of carbonyl (C=O) groups is 1. The van der Waals surface area contributed by atoms with Gasteiger partial charge < -0.3 is 10.4 Å². The van der Waals surface area contributed by atoms with Crippen molar-refractivity contribution in [1.29, 1.82) is 0 Å². The minimum atomic E-state index is -0.610. The van der Waals surface area contributed by atoms with Crippen LogP contribution in [0.5, 0.6) is 0 Å². The average molecular weight is 241 g/mol. The van der Waals surface area contributed by atoms with Crippen LogP contribution < -0.4 is 5.32 Å². The van der Waals surface area contributed by atoms with E-state index in [1.165, 1.54) is 25.7 Å². The Bertz CT molecular complexity index is 222. The van der Waals surface area contributed by atoms with E-state index < -0.39 is 5.97 Å². The SMILES string of the molecule is CCCCC(CC)NC1CCC(C(=O)O)CC1. The summed E-state index contributed by atoms with van der Waals surface area (Å²) in [7, 11) is 0. The second-order valence-corrected chi connectivity index (χ2v) is 5.30. The molecule has 0 radical (unpaired) electrons. The standard InChI is InChI=1S/C14H27NO2/c1-3-5-6-12(4-2)15-13-9-7-11(8-10-13)14(16)17/h11-13,15H,3-10H2,1-2H3,(H,16,17). The fourth-order valence-corrected chi connectivity index (χ4v) is 2.70. The lowest BCUT2D eigenvalue weighted by molar-refractivity contribution is -0.142. The summed E-state index contributed by atoms with van der Waals surface area (Å²) in [6, 6.07) is 1.17. The lowest BCUT2D eigenvalue weighted by Gasteiger charge is -2.30. The molecule has 0 spiro atoms. The fourth-order valence-electron chi connectivity index (χ4n) is 2.70. The summed E-state index contributed by atoms with van der Waals surface area (Å²) in [6.07, 6.45) is 8.72. The number of carboxylic acid groups (broad SMARTS) is 1. The number of carboxylic acids is 1. The Morgan fingerprint density at radius 3 is 2.41 bits per heavy atom.